The molecule has 0 radical (unpaired) electrons. The quantitative estimate of drug-likeness (QED) is 0.148. The molecule has 5 atom stereocenters. The number of ether oxygens (including phenoxy) is 1. The van der Waals surface area contributed by atoms with Gasteiger partial charge in [0.05, 0.1) is 29.5 Å². The molecule has 0 unspecified atom stereocenters. The van der Waals surface area contributed by atoms with E-state index in [1.165, 1.54) is 5.57 Å². The second-order valence-electron chi connectivity index (χ2n) is 14.9. The van der Waals surface area contributed by atoms with E-state index < -0.39 is 17.3 Å². The van der Waals surface area contributed by atoms with Crippen LogP contribution in [0.5, 0.6) is 0 Å². The Morgan fingerprint density at radius 1 is 0.727 bits per heavy atom. The molecule has 3 aliphatic rings. The van der Waals surface area contributed by atoms with Gasteiger partial charge in [0.2, 0.25) is 0 Å². The van der Waals surface area contributed by atoms with Crippen LogP contribution in [0.4, 0.5) is 0 Å². The Labute approximate surface area is 267 Å². The van der Waals surface area contributed by atoms with E-state index >= 15 is 0 Å². The molecule has 0 bridgehead atoms. The fraction of sp³-hybridized carbons (Fsp3) is 0.525. The first-order valence-corrected chi connectivity index (χ1v) is 16.0. The van der Waals surface area contributed by atoms with Gasteiger partial charge in [0.1, 0.15) is 0 Å². The van der Waals surface area contributed by atoms with Gasteiger partial charge >= 0.3 is 0 Å². The van der Waals surface area contributed by atoms with Gasteiger partial charge in [-0.2, -0.15) is 0 Å². The van der Waals surface area contributed by atoms with E-state index in [1.807, 2.05) is 37.3 Å². The zero-order chi connectivity index (χ0) is 32.9. The molecule has 0 saturated heterocycles. The highest BCUT2D eigenvalue weighted by molar-refractivity contribution is 5.37. The molecule has 2 aliphatic carbocycles. The fourth-order valence-corrected chi connectivity index (χ4v) is 7.21. The number of allylic oxidation sites excluding steroid dienone is 13. The van der Waals surface area contributed by atoms with E-state index in [1.54, 1.807) is 6.92 Å². The summed E-state index contributed by atoms with van der Waals surface area (Å²) < 4.78 is 6.46. The summed E-state index contributed by atoms with van der Waals surface area (Å²) in [5.41, 5.74) is 8.16. The van der Waals surface area contributed by atoms with Crippen LogP contribution in [0.15, 0.2) is 112 Å². The van der Waals surface area contributed by atoms with Gasteiger partial charge in [-0.1, -0.05) is 99.6 Å². The third-order valence-electron chi connectivity index (χ3n) is 9.13. The van der Waals surface area contributed by atoms with Crippen molar-refractivity contribution in [1.82, 2.24) is 0 Å². The highest BCUT2D eigenvalue weighted by Gasteiger charge is 2.50. The van der Waals surface area contributed by atoms with Crippen LogP contribution in [0.1, 0.15) is 94.9 Å². The normalized spacial score (nSPS) is 33.2. The molecule has 4 heteroatoms. The predicted molar refractivity (Wildman–Crippen MR) is 184 cm³/mol. The first-order valence-electron chi connectivity index (χ1n) is 16.0. The zero-order valence-corrected chi connectivity index (χ0v) is 28.7. The van der Waals surface area contributed by atoms with E-state index in [0.717, 1.165) is 34.3 Å². The van der Waals surface area contributed by atoms with Crippen LogP contribution in [0, 0.1) is 10.8 Å². The van der Waals surface area contributed by atoms with E-state index in [4.69, 9.17) is 4.74 Å². The summed E-state index contributed by atoms with van der Waals surface area (Å²) in [6.45, 7) is 20.7. The lowest BCUT2D eigenvalue weighted by Gasteiger charge is -2.44. The number of aliphatic hydroxyl groups excluding tert-OH is 2. The van der Waals surface area contributed by atoms with Crippen molar-refractivity contribution < 1.29 is 20.1 Å². The lowest BCUT2D eigenvalue weighted by Crippen LogP contribution is -2.45. The Kier molecular flexibility index (Phi) is 11.5. The van der Waals surface area contributed by atoms with Gasteiger partial charge in [0.25, 0.3) is 0 Å². The molecule has 3 N–H and O–H groups in total. The first kappa shape index (κ1) is 35.8. The smallest absolute Gasteiger partial charge is 0.0982 e. The van der Waals surface area contributed by atoms with Gasteiger partial charge in [-0.05, 0) is 94.1 Å². The maximum atomic E-state index is 10.9. The lowest BCUT2D eigenvalue weighted by atomic mass is 9.65. The van der Waals surface area contributed by atoms with Crippen molar-refractivity contribution in [1.29, 1.82) is 0 Å². The van der Waals surface area contributed by atoms with Gasteiger partial charge in [-0.15, -0.1) is 5.73 Å². The van der Waals surface area contributed by atoms with Gasteiger partial charge in [0.15, 0.2) is 0 Å². The molecule has 2 fully saturated rings. The molecule has 240 valence electrons. The van der Waals surface area contributed by atoms with Crippen molar-refractivity contribution in [2.45, 2.75) is 124 Å². The molecule has 0 spiro atoms. The Morgan fingerprint density at radius 3 is 1.84 bits per heavy atom. The Hall–Kier alpha value is -2.72. The molecule has 0 amide bonds. The van der Waals surface area contributed by atoms with Crippen LogP contribution in [-0.4, -0.2) is 44.8 Å². The van der Waals surface area contributed by atoms with Crippen molar-refractivity contribution >= 4 is 0 Å². The molecule has 1 aliphatic heterocycles. The van der Waals surface area contributed by atoms with E-state index in [2.05, 4.69) is 104 Å². The Morgan fingerprint density at radius 2 is 1.25 bits per heavy atom. The highest BCUT2D eigenvalue weighted by Crippen LogP contribution is 2.52. The summed E-state index contributed by atoms with van der Waals surface area (Å²) in [7, 11) is 0. The molecule has 4 nitrogen and oxygen atoms in total. The molecule has 1 heterocycles. The van der Waals surface area contributed by atoms with E-state index in [9.17, 15) is 15.3 Å². The number of aliphatic hydroxyl groups is 3. The van der Waals surface area contributed by atoms with Crippen molar-refractivity contribution in [3.63, 3.8) is 0 Å². The Bertz CT molecular complexity index is 1360. The van der Waals surface area contributed by atoms with E-state index in [-0.39, 0.29) is 23.0 Å². The summed E-state index contributed by atoms with van der Waals surface area (Å²) >= 11 is 0. The summed E-state index contributed by atoms with van der Waals surface area (Å²) in [5, 5.41) is 31.4. The highest BCUT2D eigenvalue weighted by atomic mass is 16.5. The van der Waals surface area contributed by atoms with Crippen molar-refractivity contribution in [3.05, 3.63) is 112 Å². The third-order valence-corrected chi connectivity index (χ3v) is 9.13. The third kappa shape index (κ3) is 9.39. The molecule has 0 aromatic rings. The summed E-state index contributed by atoms with van der Waals surface area (Å²) in [4.78, 5) is 0. The first-order chi connectivity index (χ1) is 20.3. The molecular formula is C40H56O4. The van der Waals surface area contributed by atoms with Crippen LogP contribution in [0.25, 0.3) is 0 Å². The summed E-state index contributed by atoms with van der Waals surface area (Å²) in [5.74, 6) is 0. The summed E-state index contributed by atoms with van der Waals surface area (Å²) in [6.07, 6.45) is 26.4. The van der Waals surface area contributed by atoms with Gasteiger partial charge in [-0.25, -0.2) is 0 Å². The molecule has 44 heavy (non-hydrogen) atoms. The van der Waals surface area contributed by atoms with Crippen LogP contribution in [0.3, 0.4) is 0 Å². The standard InChI is InChI=1S/C40H56O4/c1-28(17-13-18-30(3)21-22-35-37(5,6)24-32(41)26-39(35,9)43)15-11-12-16-29(2)19-14-20-31(4)34-23-36-38(7,8)25-33(42)27-40(36,10)44-34/h11-21,23,32-34,41-43H,24-27H2,1-10H3/t22?,32-,33+,34-,39+,40-/m1/s1. The topological polar surface area (TPSA) is 69.9 Å². The minimum absolute atomic E-state index is 0.0566. The lowest BCUT2D eigenvalue weighted by molar-refractivity contribution is -0.0683. The van der Waals surface area contributed by atoms with Crippen LogP contribution in [0.2, 0.25) is 0 Å². The van der Waals surface area contributed by atoms with Crippen LogP contribution in [-0.2, 0) is 4.74 Å². The molecule has 0 aromatic carbocycles. The largest absolute Gasteiger partial charge is 0.393 e. The summed E-state index contributed by atoms with van der Waals surface area (Å²) in [6, 6.07) is 0. The van der Waals surface area contributed by atoms with Crippen molar-refractivity contribution in [2.75, 3.05) is 0 Å². The van der Waals surface area contributed by atoms with Crippen LogP contribution < -0.4 is 0 Å². The van der Waals surface area contributed by atoms with Gasteiger partial charge in [-0.3, -0.25) is 0 Å². The number of hydrogen-bond acceptors (Lipinski definition) is 4. The zero-order valence-electron chi connectivity index (χ0n) is 28.7. The molecular weight excluding hydrogens is 544 g/mol. The van der Waals surface area contributed by atoms with Gasteiger partial charge < -0.3 is 20.1 Å². The van der Waals surface area contributed by atoms with Crippen LogP contribution >= 0.6 is 0 Å². The maximum Gasteiger partial charge on any atom is 0.0982 e. The monoisotopic (exact) mass is 600 g/mol. The second kappa shape index (κ2) is 14.1. The Balaban J connectivity index is 1.56. The minimum atomic E-state index is -1.05. The van der Waals surface area contributed by atoms with Crippen molar-refractivity contribution in [3.8, 4) is 0 Å². The number of rotatable bonds is 8. The van der Waals surface area contributed by atoms with Crippen molar-refractivity contribution in [2.24, 2.45) is 10.8 Å². The fourth-order valence-electron chi connectivity index (χ4n) is 7.21. The molecule has 3 rings (SSSR count). The predicted octanol–water partition coefficient (Wildman–Crippen LogP) is 8.72. The maximum absolute atomic E-state index is 10.9. The average molecular weight is 601 g/mol. The molecule has 2 saturated carbocycles. The van der Waals surface area contributed by atoms with E-state index in [0.29, 0.717) is 19.3 Å². The molecule has 0 aromatic heterocycles. The number of fused-ring (bicyclic) bond motifs is 1. The average Bonchev–Trinajstić information content (AvgIpc) is 3.22. The SMILES string of the molecule is CC(C=C=C1C(C)(C)C[C@@H](O)C[C@]1(C)O)=CC=CC(C)=CC=CC=C(C)C=CC=C(C)[C@H]1C=C2C(C)(C)C[C@H](O)C[C@@]2(C)O1. The van der Waals surface area contributed by atoms with Gasteiger partial charge in [0, 0.05) is 18.4 Å². The minimum Gasteiger partial charge on any atom is -0.393 e. The number of hydrogen-bond donors (Lipinski definition) is 3. The second-order valence-corrected chi connectivity index (χ2v) is 14.9.